The SMILES string of the molecule is CCCCCCCCCCCCCCCCCC(=O)OC[C@@H](O)[C@H]1OC[C@H](OC(=O)CCCCCCCCCCCCCCC)[C@H]1O. The molecule has 0 unspecified atom stereocenters. The highest BCUT2D eigenvalue weighted by Crippen LogP contribution is 2.22. The Morgan fingerprint density at radius 2 is 0.915 bits per heavy atom. The van der Waals surface area contributed by atoms with Gasteiger partial charge < -0.3 is 24.4 Å². The van der Waals surface area contributed by atoms with Gasteiger partial charge in [0.25, 0.3) is 0 Å². The van der Waals surface area contributed by atoms with E-state index in [0.717, 1.165) is 38.5 Å². The van der Waals surface area contributed by atoms with Gasteiger partial charge in [-0.2, -0.15) is 0 Å². The van der Waals surface area contributed by atoms with Crippen molar-refractivity contribution in [3.63, 3.8) is 0 Å². The van der Waals surface area contributed by atoms with Crippen LogP contribution in [-0.2, 0) is 23.8 Å². The minimum atomic E-state index is -1.17. The summed E-state index contributed by atoms with van der Waals surface area (Å²) in [5.41, 5.74) is 0. The van der Waals surface area contributed by atoms with E-state index in [1.54, 1.807) is 0 Å². The zero-order chi connectivity index (χ0) is 34.2. The van der Waals surface area contributed by atoms with Crippen LogP contribution in [0, 0.1) is 0 Å². The van der Waals surface area contributed by atoms with Crippen molar-refractivity contribution in [1.82, 2.24) is 0 Å². The Morgan fingerprint density at radius 3 is 1.30 bits per heavy atom. The second-order valence-electron chi connectivity index (χ2n) is 14.3. The van der Waals surface area contributed by atoms with Crippen LogP contribution in [0.15, 0.2) is 0 Å². The van der Waals surface area contributed by atoms with Crippen molar-refractivity contribution in [3.05, 3.63) is 0 Å². The van der Waals surface area contributed by atoms with Crippen molar-refractivity contribution in [2.24, 2.45) is 0 Å². The topological polar surface area (TPSA) is 102 Å². The van der Waals surface area contributed by atoms with Gasteiger partial charge in [-0.1, -0.05) is 181 Å². The number of esters is 2. The molecule has 1 aliphatic heterocycles. The molecule has 2 N–H and O–H groups in total. The van der Waals surface area contributed by atoms with E-state index < -0.39 is 24.4 Å². The average molecular weight is 669 g/mol. The molecule has 1 saturated heterocycles. The van der Waals surface area contributed by atoms with E-state index in [1.165, 1.54) is 141 Å². The van der Waals surface area contributed by atoms with Crippen molar-refractivity contribution in [2.75, 3.05) is 13.2 Å². The van der Waals surface area contributed by atoms with Gasteiger partial charge in [-0.3, -0.25) is 9.59 Å². The van der Waals surface area contributed by atoms with Gasteiger partial charge in [0.1, 0.15) is 24.9 Å². The lowest BCUT2D eigenvalue weighted by Gasteiger charge is -2.22. The second kappa shape index (κ2) is 32.0. The molecule has 0 amide bonds. The smallest absolute Gasteiger partial charge is 0.306 e. The van der Waals surface area contributed by atoms with E-state index in [9.17, 15) is 19.8 Å². The van der Waals surface area contributed by atoms with Crippen molar-refractivity contribution in [2.45, 2.75) is 231 Å². The molecule has 278 valence electrons. The first-order valence-corrected chi connectivity index (χ1v) is 20.3. The number of hydrogen-bond acceptors (Lipinski definition) is 7. The van der Waals surface area contributed by atoms with E-state index in [0.29, 0.717) is 12.8 Å². The van der Waals surface area contributed by atoms with Gasteiger partial charge in [0.15, 0.2) is 6.10 Å². The van der Waals surface area contributed by atoms with Crippen LogP contribution in [0.5, 0.6) is 0 Å². The summed E-state index contributed by atoms with van der Waals surface area (Å²) < 4.78 is 16.2. The van der Waals surface area contributed by atoms with Crippen LogP contribution in [0.2, 0.25) is 0 Å². The molecular formula is C40H76O7. The first-order chi connectivity index (χ1) is 23.0. The van der Waals surface area contributed by atoms with E-state index >= 15 is 0 Å². The molecule has 1 rings (SSSR count). The first-order valence-electron chi connectivity index (χ1n) is 20.3. The van der Waals surface area contributed by atoms with E-state index in [1.807, 2.05) is 0 Å². The molecule has 0 spiro atoms. The van der Waals surface area contributed by atoms with Crippen molar-refractivity contribution >= 4 is 11.9 Å². The number of ether oxygens (including phenoxy) is 3. The highest BCUT2D eigenvalue weighted by molar-refractivity contribution is 5.69. The van der Waals surface area contributed by atoms with Gasteiger partial charge >= 0.3 is 11.9 Å². The number of hydrogen-bond donors (Lipinski definition) is 2. The Labute approximate surface area is 289 Å². The lowest BCUT2D eigenvalue weighted by molar-refractivity contribution is -0.154. The van der Waals surface area contributed by atoms with Crippen LogP contribution < -0.4 is 0 Å². The molecule has 4 atom stereocenters. The fourth-order valence-corrected chi connectivity index (χ4v) is 6.56. The minimum absolute atomic E-state index is 0.0281. The summed E-state index contributed by atoms with van der Waals surface area (Å²) in [6.07, 6.45) is 31.9. The Kier molecular flexibility index (Phi) is 29.9. The lowest BCUT2D eigenvalue weighted by Crippen LogP contribution is -2.42. The maximum atomic E-state index is 12.3. The zero-order valence-corrected chi connectivity index (χ0v) is 30.9. The van der Waals surface area contributed by atoms with Crippen LogP contribution in [0.25, 0.3) is 0 Å². The van der Waals surface area contributed by atoms with Crippen LogP contribution >= 0.6 is 0 Å². The Balaban J connectivity index is 1.96. The molecule has 0 aromatic heterocycles. The Morgan fingerprint density at radius 1 is 0.574 bits per heavy atom. The largest absolute Gasteiger partial charge is 0.463 e. The molecule has 7 nitrogen and oxygen atoms in total. The fraction of sp³-hybridized carbons (Fsp3) is 0.950. The maximum absolute atomic E-state index is 12.3. The van der Waals surface area contributed by atoms with Gasteiger partial charge in [-0.25, -0.2) is 0 Å². The van der Waals surface area contributed by atoms with Crippen molar-refractivity contribution in [1.29, 1.82) is 0 Å². The van der Waals surface area contributed by atoms with E-state index in [2.05, 4.69) is 13.8 Å². The van der Waals surface area contributed by atoms with E-state index in [-0.39, 0.29) is 25.2 Å². The van der Waals surface area contributed by atoms with Gasteiger partial charge in [0.2, 0.25) is 0 Å². The predicted molar refractivity (Wildman–Crippen MR) is 192 cm³/mol. The molecule has 0 aliphatic carbocycles. The van der Waals surface area contributed by atoms with Gasteiger partial charge in [-0.05, 0) is 12.8 Å². The summed E-state index contributed by atoms with van der Waals surface area (Å²) in [6, 6.07) is 0. The summed E-state index contributed by atoms with van der Waals surface area (Å²) in [6.45, 7) is 4.31. The fourth-order valence-electron chi connectivity index (χ4n) is 6.56. The maximum Gasteiger partial charge on any atom is 0.306 e. The van der Waals surface area contributed by atoms with Crippen molar-refractivity contribution < 1.29 is 34.0 Å². The van der Waals surface area contributed by atoms with Gasteiger partial charge in [0, 0.05) is 12.8 Å². The Hall–Kier alpha value is -1.18. The molecule has 0 aromatic rings. The second-order valence-corrected chi connectivity index (χ2v) is 14.3. The molecule has 7 heteroatoms. The third-order valence-corrected chi connectivity index (χ3v) is 9.72. The van der Waals surface area contributed by atoms with Crippen LogP contribution in [-0.4, -0.2) is 59.8 Å². The molecule has 1 fully saturated rings. The number of unbranched alkanes of at least 4 members (excludes halogenated alkanes) is 26. The van der Waals surface area contributed by atoms with Crippen molar-refractivity contribution in [3.8, 4) is 0 Å². The minimum Gasteiger partial charge on any atom is -0.463 e. The van der Waals surface area contributed by atoms with Crippen LogP contribution in [0.3, 0.4) is 0 Å². The standard InChI is InChI=1S/C40H76O7/c1-3-5-7-9-11-13-15-17-18-20-21-23-25-27-29-31-37(42)45-33-35(41)40-39(44)36(34-46-40)47-38(43)32-30-28-26-24-22-19-16-14-12-10-8-6-4-2/h35-36,39-41,44H,3-34H2,1-2H3/t35-,36+,39-,40-/m1/s1. The number of aliphatic hydroxyl groups excluding tert-OH is 2. The summed E-state index contributed by atoms with van der Waals surface area (Å²) >= 11 is 0. The highest BCUT2D eigenvalue weighted by atomic mass is 16.6. The highest BCUT2D eigenvalue weighted by Gasteiger charge is 2.42. The normalized spacial score (nSPS) is 18.4. The molecule has 0 aromatic carbocycles. The predicted octanol–water partition coefficient (Wildman–Crippen LogP) is 10.3. The quantitative estimate of drug-likeness (QED) is 0.0520. The molecule has 47 heavy (non-hydrogen) atoms. The summed E-state index contributed by atoms with van der Waals surface area (Å²) in [4.78, 5) is 24.4. The molecular weight excluding hydrogens is 592 g/mol. The number of carbonyl (C=O) groups is 2. The summed E-state index contributed by atoms with van der Waals surface area (Å²) in [5, 5.41) is 21.0. The third-order valence-electron chi connectivity index (χ3n) is 9.72. The Bertz CT molecular complexity index is 715. The van der Waals surface area contributed by atoms with Gasteiger partial charge in [0.05, 0.1) is 6.61 Å². The zero-order valence-electron chi connectivity index (χ0n) is 30.9. The monoisotopic (exact) mass is 669 g/mol. The first kappa shape index (κ1) is 43.8. The average Bonchev–Trinajstić information content (AvgIpc) is 3.43. The molecule has 1 aliphatic rings. The number of carbonyl (C=O) groups excluding carboxylic acids is 2. The summed E-state index contributed by atoms with van der Waals surface area (Å²) in [7, 11) is 0. The number of rotatable bonds is 34. The molecule has 0 bridgehead atoms. The number of aliphatic hydroxyl groups is 2. The van der Waals surface area contributed by atoms with Crippen LogP contribution in [0.1, 0.15) is 206 Å². The lowest BCUT2D eigenvalue weighted by atomic mass is 10.0. The molecule has 0 saturated carbocycles. The third kappa shape index (κ3) is 25.5. The molecule has 0 radical (unpaired) electrons. The van der Waals surface area contributed by atoms with Gasteiger partial charge in [-0.15, -0.1) is 0 Å². The molecule has 1 heterocycles. The van der Waals surface area contributed by atoms with Crippen LogP contribution in [0.4, 0.5) is 0 Å². The summed E-state index contributed by atoms with van der Waals surface area (Å²) in [5.74, 6) is -0.683. The van der Waals surface area contributed by atoms with E-state index in [4.69, 9.17) is 14.2 Å².